The Hall–Kier alpha value is -3.65. The lowest BCUT2D eigenvalue weighted by Gasteiger charge is -2.40. The molecule has 37 heavy (non-hydrogen) atoms. The average Bonchev–Trinajstić information content (AvgIpc) is 3.26. The topological polar surface area (TPSA) is 46.7 Å². The second-order valence-electron chi connectivity index (χ2n) is 9.62. The number of aromatic nitrogens is 1. The van der Waals surface area contributed by atoms with Crippen molar-refractivity contribution < 1.29 is 27.4 Å². The lowest BCUT2D eigenvalue weighted by atomic mass is 9.85. The molecule has 2 aliphatic heterocycles. The summed E-state index contributed by atoms with van der Waals surface area (Å²) in [6.07, 6.45) is -2.59. The van der Waals surface area contributed by atoms with Gasteiger partial charge in [-0.2, -0.15) is 13.2 Å². The summed E-state index contributed by atoms with van der Waals surface area (Å²) in [6.45, 7) is 1.94. The Morgan fingerprint density at radius 1 is 0.973 bits per heavy atom. The maximum Gasteiger partial charge on any atom is 0.416 e. The normalized spacial score (nSPS) is 17.2. The molecule has 0 radical (unpaired) electrons. The minimum absolute atomic E-state index is 0.156. The second-order valence-corrected chi connectivity index (χ2v) is 9.62. The van der Waals surface area contributed by atoms with Gasteiger partial charge in [-0.3, -0.25) is 4.90 Å². The van der Waals surface area contributed by atoms with E-state index in [1.165, 1.54) is 39.9 Å². The third kappa shape index (κ3) is 4.29. The molecular formula is C29H27F3N2O3. The molecule has 3 aromatic carbocycles. The first kappa shape index (κ1) is 23.7. The molecule has 192 valence electrons. The zero-order valence-electron chi connectivity index (χ0n) is 20.6. The fourth-order valence-electron chi connectivity index (χ4n) is 5.59. The van der Waals surface area contributed by atoms with Crippen LogP contribution in [0.5, 0.6) is 17.2 Å². The predicted molar refractivity (Wildman–Crippen MR) is 134 cm³/mol. The summed E-state index contributed by atoms with van der Waals surface area (Å²) in [5, 5.41) is 1.20. The van der Waals surface area contributed by atoms with Gasteiger partial charge < -0.3 is 19.2 Å². The third-order valence-corrected chi connectivity index (χ3v) is 7.53. The lowest BCUT2D eigenvalue weighted by molar-refractivity contribution is -0.137. The number of aromatic amines is 1. The summed E-state index contributed by atoms with van der Waals surface area (Å²) in [5.74, 6) is 2.07. The largest absolute Gasteiger partial charge is 0.497 e. The Balaban J connectivity index is 1.27. The Kier molecular flexibility index (Phi) is 5.79. The molecule has 2 aliphatic rings. The summed E-state index contributed by atoms with van der Waals surface area (Å²) < 4.78 is 55.8. The fraction of sp³-hybridized carbons (Fsp3) is 0.310. The van der Waals surface area contributed by atoms with Crippen molar-refractivity contribution in [2.24, 2.45) is 0 Å². The molecule has 0 unspecified atom stereocenters. The highest BCUT2D eigenvalue weighted by Gasteiger charge is 2.35. The van der Waals surface area contributed by atoms with Crippen molar-refractivity contribution in [2.45, 2.75) is 38.2 Å². The van der Waals surface area contributed by atoms with Gasteiger partial charge in [0.05, 0.1) is 19.8 Å². The van der Waals surface area contributed by atoms with Crippen molar-refractivity contribution >= 4 is 10.9 Å². The van der Waals surface area contributed by atoms with Gasteiger partial charge in [-0.1, -0.05) is 12.1 Å². The summed E-state index contributed by atoms with van der Waals surface area (Å²) in [4.78, 5) is 6.10. The van der Waals surface area contributed by atoms with Crippen molar-refractivity contribution in [2.75, 3.05) is 20.8 Å². The van der Waals surface area contributed by atoms with E-state index in [-0.39, 0.29) is 12.6 Å². The number of hydrogen-bond donors (Lipinski definition) is 1. The maximum absolute atomic E-state index is 12.9. The van der Waals surface area contributed by atoms with Crippen molar-refractivity contribution in [3.8, 4) is 17.2 Å². The number of nitrogens with one attached hydrogen (secondary N) is 1. The summed E-state index contributed by atoms with van der Waals surface area (Å²) in [6, 6.07) is 15.5. The summed E-state index contributed by atoms with van der Waals surface area (Å²) >= 11 is 0. The van der Waals surface area contributed by atoms with E-state index in [0.29, 0.717) is 17.1 Å². The van der Waals surface area contributed by atoms with Crippen LogP contribution in [0.2, 0.25) is 0 Å². The Bertz CT molecular complexity index is 1460. The monoisotopic (exact) mass is 508 g/mol. The van der Waals surface area contributed by atoms with Gasteiger partial charge in [-0.05, 0) is 77.6 Å². The van der Waals surface area contributed by atoms with Gasteiger partial charge in [0.15, 0.2) is 11.5 Å². The zero-order valence-corrected chi connectivity index (χ0v) is 20.6. The molecule has 1 aromatic heterocycles. The smallest absolute Gasteiger partial charge is 0.416 e. The molecule has 3 heterocycles. The highest BCUT2D eigenvalue weighted by atomic mass is 19.4. The van der Waals surface area contributed by atoms with Crippen LogP contribution in [0.1, 0.15) is 39.6 Å². The molecule has 0 saturated carbocycles. The van der Waals surface area contributed by atoms with E-state index in [4.69, 9.17) is 14.2 Å². The van der Waals surface area contributed by atoms with Crippen LogP contribution in [0, 0.1) is 0 Å². The molecule has 1 N–H and O–H groups in total. The van der Waals surface area contributed by atoms with E-state index in [1.807, 2.05) is 12.1 Å². The molecule has 0 fully saturated rings. The maximum atomic E-state index is 12.9. The van der Waals surface area contributed by atoms with Crippen LogP contribution >= 0.6 is 0 Å². The van der Waals surface area contributed by atoms with Gasteiger partial charge >= 0.3 is 6.18 Å². The number of nitrogens with zero attached hydrogens (tertiary/aromatic N) is 1. The first-order chi connectivity index (χ1) is 17.8. The molecule has 4 aromatic rings. The number of benzene rings is 3. The SMILES string of the molecule is COc1ccc2[nH]c3c(c2c1)C[C@@H]1c2cc(OC)c(OCc4ccc(C(F)(F)F)cc4)cc2CCN1C3. The minimum Gasteiger partial charge on any atom is -0.497 e. The number of fused-ring (bicyclic) bond motifs is 6. The zero-order chi connectivity index (χ0) is 25.7. The molecular weight excluding hydrogens is 481 g/mol. The standard InChI is InChI=1S/C29H27F3N2O3/c1-35-20-7-8-24-22(12-20)23-13-26-21-14-27(36-2)28(11-18(21)9-10-34(26)15-25(23)33-24)37-16-17-3-5-19(6-4-17)29(30,31)32/h3-8,11-12,14,26,33H,9-10,13,15-16H2,1-2H3/t26-/m1/s1. The third-order valence-electron chi connectivity index (χ3n) is 7.53. The Labute approximate surface area is 212 Å². The number of alkyl halides is 3. The van der Waals surface area contributed by atoms with Crippen molar-refractivity contribution in [3.05, 3.63) is 88.1 Å². The molecule has 0 amide bonds. The average molecular weight is 509 g/mol. The molecule has 1 atom stereocenters. The van der Waals surface area contributed by atoms with Gasteiger partial charge in [0.1, 0.15) is 12.4 Å². The molecule has 6 rings (SSSR count). The van der Waals surface area contributed by atoms with Crippen molar-refractivity contribution in [3.63, 3.8) is 0 Å². The highest BCUT2D eigenvalue weighted by molar-refractivity contribution is 5.86. The van der Waals surface area contributed by atoms with Crippen LogP contribution in [-0.2, 0) is 32.2 Å². The lowest BCUT2D eigenvalue weighted by Crippen LogP contribution is -2.39. The van der Waals surface area contributed by atoms with Gasteiger partial charge in [-0.25, -0.2) is 0 Å². The van der Waals surface area contributed by atoms with Gasteiger partial charge in [0.25, 0.3) is 0 Å². The van der Waals surface area contributed by atoms with Gasteiger partial charge in [0, 0.05) is 35.7 Å². The Morgan fingerprint density at radius 2 is 1.78 bits per heavy atom. The minimum atomic E-state index is -4.35. The van der Waals surface area contributed by atoms with Crippen LogP contribution in [-0.4, -0.2) is 30.6 Å². The molecule has 0 spiro atoms. The highest BCUT2D eigenvalue weighted by Crippen LogP contribution is 2.44. The molecule has 8 heteroatoms. The number of H-pyrrole nitrogens is 1. The summed E-state index contributed by atoms with van der Waals surface area (Å²) in [5.41, 5.74) is 6.13. The van der Waals surface area contributed by atoms with E-state index in [1.54, 1.807) is 14.2 Å². The van der Waals surface area contributed by atoms with Crippen LogP contribution in [0.25, 0.3) is 10.9 Å². The number of methoxy groups -OCH3 is 2. The van der Waals surface area contributed by atoms with E-state index < -0.39 is 11.7 Å². The number of hydrogen-bond acceptors (Lipinski definition) is 4. The van der Waals surface area contributed by atoms with E-state index in [9.17, 15) is 13.2 Å². The van der Waals surface area contributed by atoms with E-state index in [2.05, 4.69) is 28.1 Å². The predicted octanol–water partition coefficient (Wildman–Crippen LogP) is 6.44. The first-order valence-electron chi connectivity index (χ1n) is 12.3. The van der Waals surface area contributed by atoms with Gasteiger partial charge in [-0.15, -0.1) is 0 Å². The van der Waals surface area contributed by atoms with E-state index in [0.717, 1.165) is 49.3 Å². The number of ether oxygens (including phenoxy) is 3. The van der Waals surface area contributed by atoms with Crippen LogP contribution in [0.3, 0.4) is 0 Å². The van der Waals surface area contributed by atoms with Crippen LogP contribution in [0.15, 0.2) is 54.6 Å². The second kappa shape index (κ2) is 9.03. The van der Waals surface area contributed by atoms with Crippen LogP contribution < -0.4 is 14.2 Å². The quantitative estimate of drug-likeness (QED) is 0.337. The fourth-order valence-corrected chi connectivity index (χ4v) is 5.59. The number of rotatable bonds is 5. The van der Waals surface area contributed by atoms with E-state index >= 15 is 0 Å². The molecule has 0 bridgehead atoms. The van der Waals surface area contributed by atoms with Crippen LogP contribution in [0.4, 0.5) is 13.2 Å². The molecule has 5 nitrogen and oxygen atoms in total. The van der Waals surface area contributed by atoms with Gasteiger partial charge in [0.2, 0.25) is 0 Å². The Morgan fingerprint density at radius 3 is 2.51 bits per heavy atom. The number of halogens is 3. The molecule has 0 aliphatic carbocycles. The molecule has 0 saturated heterocycles. The first-order valence-corrected chi connectivity index (χ1v) is 12.3. The van der Waals surface area contributed by atoms with Crippen molar-refractivity contribution in [1.82, 2.24) is 9.88 Å². The summed E-state index contributed by atoms with van der Waals surface area (Å²) in [7, 11) is 3.29. The van der Waals surface area contributed by atoms with Crippen molar-refractivity contribution in [1.29, 1.82) is 0 Å².